The van der Waals surface area contributed by atoms with E-state index < -0.39 is 4.92 Å². The Balaban J connectivity index is 1.80. The van der Waals surface area contributed by atoms with Crippen LogP contribution in [0.15, 0.2) is 36.4 Å². The topological polar surface area (TPSA) is 80.5 Å². The van der Waals surface area contributed by atoms with Gasteiger partial charge in [-0.15, -0.1) is 0 Å². The number of hydrogen-bond acceptors (Lipinski definition) is 4. The van der Waals surface area contributed by atoms with E-state index in [-0.39, 0.29) is 46.9 Å². The number of benzene rings is 1. The lowest BCUT2D eigenvalue weighted by Crippen LogP contribution is -2.33. The van der Waals surface area contributed by atoms with Gasteiger partial charge in [-0.1, -0.05) is 24.3 Å². The van der Waals surface area contributed by atoms with Crippen molar-refractivity contribution in [3.05, 3.63) is 46.5 Å². The molecule has 4 rings (SSSR count). The smallest absolute Gasteiger partial charge is 0.274 e. The molecule has 0 unspecified atom stereocenters. The highest BCUT2D eigenvalue weighted by atomic mass is 16.6. The maximum Gasteiger partial charge on any atom is 0.293 e. The van der Waals surface area contributed by atoms with Crippen molar-refractivity contribution in [2.24, 2.45) is 23.7 Å². The number of nitrogens with zero attached hydrogens (tertiary/aromatic N) is 2. The van der Waals surface area contributed by atoms with Gasteiger partial charge in [0.1, 0.15) is 5.69 Å². The molecule has 2 fully saturated rings. The number of carbonyl (C=O) groups excluding carboxylic acids is 2. The third-order valence-electron chi connectivity index (χ3n) is 4.79. The van der Waals surface area contributed by atoms with E-state index in [9.17, 15) is 19.7 Å². The molecule has 1 aromatic carbocycles. The SMILES string of the molecule is O=C1[C@@H]2[C@@H](C(=O)N1c1ccccc1[N+](=O)[O-])[C@H]1C=C[C@H]2C1. The molecule has 2 bridgehead atoms. The fraction of sp³-hybridized carbons (Fsp3) is 0.333. The molecule has 2 amide bonds. The summed E-state index contributed by atoms with van der Waals surface area (Å²) in [4.78, 5) is 36.8. The highest BCUT2D eigenvalue weighted by Gasteiger charge is 2.60. The maximum atomic E-state index is 12.6. The molecular weight excluding hydrogens is 272 g/mol. The average Bonchev–Trinajstić information content (AvgIpc) is 3.13. The zero-order valence-electron chi connectivity index (χ0n) is 11.0. The van der Waals surface area contributed by atoms with Crippen LogP contribution in [-0.2, 0) is 9.59 Å². The van der Waals surface area contributed by atoms with Crippen LogP contribution in [0, 0.1) is 33.8 Å². The molecule has 106 valence electrons. The first-order valence-corrected chi connectivity index (χ1v) is 6.89. The molecule has 0 N–H and O–H groups in total. The molecule has 1 heterocycles. The van der Waals surface area contributed by atoms with E-state index in [2.05, 4.69) is 0 Å². The third kappa shape index (κ3) is 1.47. The van der Waals surface area contributed by atoms with Crippen LogP contribution in [0.25, 0.3) is 0 Å². The van der Waals surface area contributed by atoms with Crippen molar-refractivity contribution in [2.75, 3.05) is 4.90 Å². The summed E-state index contributed by atoms with van der Waals surface area (Å²) in [7, 11) is 0. The highest BCUT2D eigenvalue weighted by molar-refractivity contribution is 6.23. The number of amides is 2. The summed E-state index contributed by atoms with van der Waals surface area (Å²) >= 11 is 0. The van der Waals surface area contributed by atoms with Gasteiger partial charge < -0.3 is 0 Å². The summed E-state index contributed by atoms with van der Waals surface area (Å²) < 4.78 is 0. The molecule has 1 saturated carbocycles. The minimum Gasteiger partial charge on any atom is -0.274 e. The van der Waals surface area contributed by atoms with Crippen LogP contribution in [0.5, 0.6) is 0 Å². The minimum absolute atomic E-state index is 0.0892. The predicted molar refractivity (Wildman–Crippen MR) is 73.3 cm³/mol. The first-order chi connectivity index (χ1) is 10.1. The lowest BCUT2D eigenvalue weighted by atomic mass is 9.85. The van der Waals surface area contributed by atoms with E-state index in [0.29, 0.717) is 0 Å². The van der Waals surface area contributed by atoms with E-state index >= 15 is 0 Å². The van der Waals surface area contributed by atoms with Gasteiger partial charge in [-0.05, 0) is 24.3 Å². The Morgan fingerprint density at radius 1 is 1.05 bits per heavy atom. The normalized spacial score (nSPS) is 32.9. The van der Waals surface area contributed by atoms with Crippen LogP contribution in [0.4, 0.5) is 11.4 Å². The first kappa shape index (κ1) is 12.3. The van der Waals surface area contributed by atoms with Gasteiger partial charge in [0.2, 0.25) is 11.8 Å². The van der Waals surface area contributed by atoms with Gasteiger partial charge in [0, 0.05) is 6.07 Å². The molecule has 21 heavy (non-hydrogen) atoms. The Morgan fingerprint density at radius 3 is 2.19 bits per heavy atom. The van der Waals surface area contributed by atoms with Gasteiger partial charge in [-0.2, -0.15) is 0 Å². The van der Waals surface area contributed by atoms with Crippen molar-refractivity contribution >= 4 is 23.2 Å². The Labute approximate surface area is 120 Å². The van der Waals surface area contributed by atoms with E-state index in [1.807, 2.05) is 12.2 Å². The number of nitro benzene ring substituents is 1. The van der Waals surface area contributed by atoms with Crippen LogP contribution in [0.1, 0.15) is 6.42 Å². The summed E-state index contributed by atoms with van der Waals surface area (Å²) in [5, 5.41) is 11.1. The Bertz CT molecular complexity index is 681. The number of para-hydroxylation sites is 2. The van der Waals surface area contributed by atoms with Crippen LogP contribution < -0.4 is 4.90 Å². The Morgan fingerprint density at radius 2 is 1.62 bits per heavy atom. The van der Waals surface area contributed by atoms with Crippen molar-refractivity contribution in [2.45, 2.75) is 6.42 Å². The molecule has 0 aromatic heterocycles. The third-order valence-corrected chi connectivity index (χ3v) is 4.79. The van der Waals surface area contributed by atoms with Crippen molar-refractivity contribution in [1.29, 1.82) is 0 Å². The number of allylic oxidation sites excluding steroid dienone is 2. The van der Waals surface area contributed by atoms with Crippen molar-refractivity contribution in [1.82, 2.24) is 0 Å². The minimum atomic E-state index is -0.559. The quantitative estimate of drug-likeness (QED) is 0.359. The number of imide groups is 1. The highest BCUT2D eigenvalue weighted by Crippen LogP contribution is 2.53. The number of rotatable bonds is 2. The molecule has 1 aliphatic heterocycles. The fourth-order valence-corrected chi connectivity index (χ4v) is 3.95. The molecule has 3 aliphatic rings. The molecular formula is C15H12N2O4. The van der Waals surface area contributed by atoms with Gasteiger partial charge in [0.15, 0.2) is 0 Å². The van der Waals surface area contributed by atoms with Crippen molar-refractivity contribution < 1.29 is 14.5 Å². The van der Waals surface area contributed by atoms with Crippen molar-refractivity contribution in [3.63, 3.8) is 0 Å². The Kier molecular flexibility index (Phi) is 2.34. The second-order valence-electron chi connectivity index (χ2n) is 5.76. The van der Waals surface area contributed by atoms with Gasteiger partial charge >= 0.3 is 0 Å². The number of anilines is 1. The summed E-state index contributed by atoms with van der Waals surface area (Å²) in [5.41, 5.74) is -0.120. The number of hydrogen-bond donors (Lipinski definition) is 0. The van der Waals surface area contributed by atoms with Gasteiger partial charge in [-0.3, -0.25) is 19.7 Å². The van der Waals surface area contributed by atoms with Crippen LogP contribution in [-0.4, -0.2) is 16.7 Å². The van der Waals surface area contributed by atoms with E-state index in [4.69, 9.17) is 0 Å². The molecule has 0 radical (unpaired) electrons. The second-order valence-corrected chi connectivity index (χ2v) is 5.76. The number of nitro groups is 1. The van der Waals surface area contributed by atoms with E-state index in [1.165, 1.54) is 18.2 Å². The van der Waals surface area contributed by atoms with Crippen molar-refractivity contribution in [3.8, 4) is 0 Å². The molecule has 1 aromatic rings. The number of fused-ring (bicyclic) bond motifs is 5. The van der Waals surface area contributed by atoms with Crippen LogP contribution >= 0.6 is 0 Å². The zero-order valence-corrected chi connectivity index (χ0v) is 11.0. The monoisotopic (exact) mass is 284 g/mol. The van der Waals surface area contributed by atoms with Crippen LogP contribution in [0.3, 0.4) is 0 Å². The van der Waals surface area contributed by atoms with Gasteiger partial charge in [0.25, 0.3) is 5.69 Å². The summed E-state index contributed by atoms with van der Waals surface area (Å²) in [6.07, 6.45) is 4.84. The Hall–Kier alpha value is -2.50. The maximum absolute atomic E-state index is 12.6. The molecule has 6 heteroatoms. The van der Waals surface area contributed by atoms with Gasteiger partial charge in [-0.25, -0.2) is 4.90 Å². The molecule has 6 nitrogen and oxygen atoms in total. The molecule has 2 aliphatic carbocycles. The summed E-state index contributed by atoms with van der Waals surface area (Å²) in [6.45, 7) is 0. The molecule has 0 spiro atoms. The zero-order chi connectivity index (χ0) is 14.7. The van der Waals surface area contributed by atoms with E-state index in [0.717, 1.165) is 11.3 Å². The second kappa shape index (κ2) is 4.00. The fourth-order valence-electron chi connectivity index (χ4n) is 3.95. The lowest BCUT2D eigenvalue weighted by Gasteiger charge is -2.16. The number of carbonyl (C=O) groups is 2. The first-order valence-electron chi connectivity index (χ1n) is 6.89. The molecule has 1 saturated heterocycles. The summed E-state index contributed by atoms with van der Waals surface area (Å²) in [5.74, 6) is -1.07. The van der Waals surface area contributed by atoms with Crippen LogP contribution in [0.2, 0.25) is 0 Å². The predicted octanol–water partition coefficient (Wildman–Crippen LogP) is 1.91. The van der Waals surface area contributed by atoms with E-state index in [1.54, 1.807) is 6.07 Å². The summed E-state index contributed by atoms with van der Waals surface area (Å²) in [6, 6.07) is 5.91. The molecule has 4 atom stereocenters. The average molecular weight is 284 g/mol. The largest absolute Gasteiger partial charge is 0.293 e. The standard InChI is InChI=1S/C15H12N2O4/c18-14-12-8-5-6-9(7-8)13(12)15(19)16(14)10-3-1-2-4-11(10)17(20)21/h1-6,8-9,12-13H,7H2/t8-,9-,12-,13-/m0/s1. The van der Waals surface area contributed by atoms with Gasteiger partial charge in [0.05, 0.1) is 16.8 Å². The lowest BCUT2D eigenvalue weighted by molar-refractivity contribution is -0.384.